The highest BCUT2D eigenvalue weighted by Crippen LogP contribution is 2.35. The van der Waals surface area contributed by atoms with Crippen molar-refractivity contribution in [2.45, 2.75) is 25.7 Å². The Kier molecular flexibility index (Phi) is 5.24. The summed E-state index contributed by atoms with van der Waals surface area (Å²) in [5.74, 6) is 1.75. The molecule has 1 aliphatic rings. The van der Waals surface area contributed by atoms with Crippen LogP contribution in [0.5, 0.6) is 11.5 Å². The summed E-state index contributed by atoms with van der Waals surface area (Å²) in [4.78, 5) is 18.0. The summed E-state index contributed by atoms with van der Waals surface area (Å²) in [6.07, 6.45) is 1.95. The van der Waals surface area contributed by atoms with Gasteiger partial charge in [0.15, 0.2) is 18.1 Å². The molecule has 146 valence electrons. The van der Waals surface area contributed by atoms with E-state index in [0.717, 1.165) is 25.9 Å². The van der Waals surface area contributed by atoms with Crippen LogP contribution in [0.1, 0.15) is 30.0 Å². The minimum atomic E-state index is 0.0278. The SMILES string of the molecule is COc1ccccc1OCC(=O)N1CCC(c2c(C)[nH]c3ccccc23)CC1. The second-order valence-electron chi connectivity index (χ2n) is 7.30. The van der Waals surface area contributed by atoms with Crippen molar-refractivity contribution >= 4 is 16.8 Å². The van der Waals surface area contributed by atoms with Crippen molar-refractivity contribution in [2.24, 2.45) is 0 Å². The molecule has 1 aliphatic heterocycles. The molecule has 1 saturated heterocycles. The van der Waals surface area contributed by atoms with Crippen LogP contribution >= 0.6 is 0 Å². The number of likely N-dealkylation sites (tertiary alicyclic amines) is 1. The minimum absolute atomic E-state index is 0.0278. The summed E-state index contributed by atoms with van der Waals surface area (Å²) in [7, 11) is 1.60. The van der Waals surface area contributed by atoms with Gasteiger partial charge in [0.25, 0.3) is 5.91 Å². The third-order valence-electron chi connectivity index (χ3n) is 5.62. The summed E-state index contributed by atoms with van der Waals surface area (Å²) in [6, 6.07) is 15.9. The molecule has 1 N–H and O–H groups in total. The van der Waals surface area contributed by atoms with Crippen LogP contribution in [0, 0.1) is 6.92 Å². The molecular weight excluding hydrogens is 352 g/mol. The summed E-state index contributed by atoms with van der Waals surface area (Å²) in [5, 5.41) is 1.31. The average molecular weight is 378 g/mol. The molecule has 5 heteroatoms. The van der Waals surface area contributed by atoms with Crippen LogP contribution in [0.25, 0.3) is 10.9 Å². The Balaban J connectivity index is 1.37. The number of aromatic amines is 1. The van der Waals surface area contributed by atoms with Crippen LogP contribution < -0.4 is 9.47 Å². The van der Waals surface area contributed by atoms with Crippen LogP contribution in [-0.4, -0.2) is 42.6 Å². The summed E-state index contributed by atoms with van der Waals surface area (Å²) < 4.78 is 11.0. The van der Waals surface area contributed by atoms with E-state index in [-0.39, 0.29) is 12.5 Å². The highest BCUT2D eigenvalue weighted by Gasteiger charge is 2.27. The fraction of sp³-hybridized carbons (Fsp3) is 0.348. The number of carbonyl (C=O) groups is 1. The zero-order chi connectivity index (χ0) is 19.5. The van der Waals surface area contributed by atoms with E-state index in [0.29, 0.717) is 17.4 Å². The van der Waals surface area contributed by atoms with E-state index in [4.69, 9.17) is 9.47 Å². The molecule has 0 radical (unpaired) electrons. The molecule has 2 heterocycles. The van der Waals surface area contributed by atoms with Gasteiger partial charge in [-0.05, 0) is 49.4 Å². The highest BCUT2D eigenvalue weighted by atomic mass is 16.5. The molecule has 1 aromatic heterocycles. The van der Waals surface area contributed by atoms with Gasteiger partial charge in [-0.15, -0.1) is 0 Å². The molecule has 0 spiro atoms. The lowest BCUT2D eigenvalue weighted by Gasteiger charge is -2.32. The standard InChI is InChI=1S/C23H26N2O3/c1-16-23(18-7-3-4-8-19(18)24-16)17-11-13-25(14-12-17)22(26)15-28-21-10-6-5-9-20(21)27-2/h3-10,17,24H,11-15H2,1-2H3. The van der Waals surface area contributed by atoms with E-state index < -0.39 is 0 Å². The van der Waals surface area contributed by atoms with Crippen LogP contribution in [0.4, 0.5) is 0 Å². The summed E-state index contributed by atoms with van der Waals surface area (Å²) in [5.41, 5.74) is 3.84. The molecule has 0 bridgehead atoms. The van der Waals surface area contributed by atoms with Crippen LogP contribution in [0.2, 0.25) is 0 Å². The monoisotopic (exact) mass is 378 g/mol. The quantitative estimate of drug-likeness (QED) is 0.721. The smallest absolute Gasteiger partial charge is 0.260 e. The maximum absolute atomic E-state index is 12.6. The van der Waals surface area contributed by atoms with E-state index in [2.05, 4.69) is 36.2 Å². The predicted octanol–water partition coefficient (Wildman–Crippen LogP) is 4.27. The average Bonchev–Trinajstić information content (AvgIpc) is 3.08. The van der Waals surface area contributed by atoms with Gasteiger partial charge in [0, 0.05) is 29.7 Å². The first-order valence-corrected chi connectivity index (χ1v) is 9.78. The number of carbonyl (C=O) groups excluding carboxylic acids is 1. The molecule has 0 unspecified atom stereocenters. The Morgan fingerprint density at radius 3 is 2.50 bits per heavy atom. The van der Waals surface area contributed by atoms with Crippen molar-refractivity contribution in [1.82, 2.24) is 9.88 Å². The van der Waals surface area contributed by atoms with E-state index in [1.807, 2.05) is 29.2 Å². The number of ether oxygens (including phenoxy) is 2. The molecule has 28 heavy (non-hydrogen) atoms. The van der Waals surface area contributed by atoms with Gasteiger partial charge in [-0.3, -0.25) is 4.79 Å². The molecule has 0 aliphatic carbocycles. The van der Waals surface area contributed by atoms with Crippen molar-refractivity contribution in [3.05, 3.63) is 59.8 Å². The van der Waals surface area contributed by atoms with E-state index in [9.17, 15) is 4.79 Å². The molecular formula is C23H26N2O3. The predicted molar refractivity (Wildman–Crippen MR) is 110 cm³/mol. The normalized spacial score (nSPS) is 15.0. The molecule has 0 saturated carbocycles. The number of benzene rings is 2. The topological polar surface area (TPSA) is 54.6 Å². The van der Waals surface area contributed by atoms with Crippen LogP contribution in [-0.2, 0) is 4.79 Å². The van der Waals surface area contributed by atoms with Crippen molar-refractivity contribution in [3.8, 4) is 11.5 Å². The van der Waals surface area contributed by atoms with Gasteiger partial charge in [0.2, 0.25) is 0 Å². The number of aromatic nitrogens is 1. The van der Waals surface area contributed by atoms with Crippen LogP contribution in [0.3, 0.4) is 0 Å². The Morgan fingerprint density at radius 1 is 1.07 bits per heavy atom. The number of nitrogens with zero attached hydrogens (tertiary/aromatic N) is 1. The zero-order valence-corrected chi connectivity index (χ0v) is 16.4. The largest absolute Gasteiger partial charge is 0.493 e. The second-order valence-corrected chi connectivity index (χ2v) is 7.30. The third-order valence-corrected chi connectivity index (χ3v) is 5.62. The first-order chi connectivity index (χ1) is 13.7. The van der Waals surface area contributed by atoms with Gasteiger partial charge >= 0.3 is 0 Å². The lowest BCUT2D eigenvalue weighted by Crippen LogP contribution is -2.40. The molecule has 4 rings (SSSR count). The Labute approximate surface area is 165 Å². The molecule has 1 fully saturated rings. The number of H-pyrrole nitrogens is 1. The number of nitrogens with one attached hydrogen (secondary N) is 1. The van der Waals surface area contributed by atoms with E-state index in [1.165, 1.54) is 22.2 Å². The second kappa shape index (κ2) is 7.97. The number of amides is 1. The number of fused-ring (bicyclic) bond motifs is 1. The van der Waals surface area contributed by atoms with Gasteiger partial charge in [-0.2, -0.15) is 0 Å². The van der Waals surface area contributed by atoms with E-state index >= 15 is 0 Å². The summed E-state index contributed by atoms with van der Waals surface area (Å²) >= 11 is 0. The number of rotatable bonds is 5. The number of aryl methyl sites for hydroxylation is 1. The number of hydrogen-bond acceptors (Lipinski definition) is 3. The molecule has 2 aromatic carbocycles. The van der Waals surface area contributed by atoms with Gasteiger partial charge in [-0.1, -0.05) is 30.3 Å². The molecule has 0 atom stereocenters. The fourth-order valence-electron chi connectivity index (χ4n) is 4.21. The first-order valence-electron chi connectivity index (χ1n) is 9.78. The highest BCUT2D eigenvalue weighted by molar-refractivity contribution is 5.85. The Morgan fingerprint density at radius 2 is 1.75 bits per heavy atom. The van der Waals surface area contributed by atoms with Crippen molar-refractivity contribution < 1.29 is 14.3 Å². The fourth-order valence-corrected chi connectivity index (χ4v) is 4.21. The Hall–Kier alpha value is -2.95. The molecule has 3 aromatic rings. The minimum Gasteiger partial charge on any atom is -0.493 e. The van der Waals surface area contributed by atoms with Crippen molar-refractivity contribution in [3.63, 3.8) is 0 Å². The maximum Gasteiger partial charge on any atom is 0.260 e. The Bertz CT molecular complexity index is 971. The van der Waals surface area contributed by atoms with Gasteiger partial charge in [0.05, 0.1) is 7.11 Å². The van der Waals surface area contributed by atoms with E-state index in [1.54, 1.807) is 7.11 Å². The van der Waals surface area contributed by atoms with Crippen LogP contribution in [0.15, 0.2) is 48.5 Å². The van der Waals surface area contributed by atoms with Gasteiger partial charge in [0.1, 0.15) is 0 Å². The maximum atomic E-state index is 12.6. The number of methoxy groups -OCH3 is 1. The number of para-hydroxylation sites is 3. The first kappa shape index (κ1) is 18.4. The number of piperidine rings is 1. The van der Waals surface area contributed by atoms with Crippen molar-refractivity contribution in [2.75, 3.05) is 26.8 Å². The van der Waals surface area contributed by atoms with Crippen molar-refractivity contribution in [1.29, 1.82) is 0 Å². The summed E-state index contributed by atoms with van der Waals surface area (Å²) in [6.45, 7) is 3.71. The third kappa shape index (κ3) is 3.57. The van der Waals surface area contributed by atoms with Gasteiger partial charge in [-0.25, -0.2) is 0 Å². The van der Waals surface area contributed by atoms with Gasteiger partial charge < -0.3 is 19.4 Å². The lowest BCUT2D eigenvalue weighted by molar-refractivity contribution is -0.134. The zero-order valence-electron chi connectivity index (χ0n) is 16.4. The molecule has 1 amide bonds. The molecule has 5 nitrogen and oxygen atoms in total. The number of hydrogen-bond donors (Lipinski definition) is 1. The lowest BCUT2D eigenvalue weighted by atomic mass is 9.87.